The number of rotatable bonds is 6. The number of hydrogen-bond donors (Lipinski definition) is 1. The van der Waals surface area contributed by atoms with Crippen LogP contribution in [0.15, 0.2) is 70.4 Å². The number of nitrogens with zero attached hydrogens (tertiary/aromatic N) is 2. The molecule has 0 unspecified atom stereocenters. The molecule has 0 saturated heterocycles. The second-order valence-electron chi connectivity index (χ2n) is 7.55. The van der Waals surface area contributed by atoms with Crippen LogP contribution in [0.4, 0.5) is 4.39 Å². The molecule has 30 heavy (non-hydrogen) atoms. The summed E-state index contributed by atoms with van der Waals surface area (Å²) in [7, 11) is 0. The standard InChI is InChI=1S/C23H22BrFN2O3/c1-23(2,3)30-27-21(16-12-17(24)18(25)13-19(16)28)22-20(10-7-11-26-22)29-14-15-8-5-4-6-9-15/h4-13,28H,14H2,1-3H3. The zero-order valence-electron chi connectivity index (χ0n) is 16.9. The number of pyridine rings is 1. The highest BCUT2D eigenvalue weighted by atomic mass is 79.9. The van der Waals surface area contributed by atoms with Crippen molar-refractivity contribution in [3.05, 3.63) is 87.9 Å². The molecule has 0 aliphatic rings. The van der Waals surface area contributed by atoms with Gasteiger partial charge in [-0.1, -0.05) is 35.5 Å². The Hall–Kier alpha value is -2.93. The summed E-state index contributed by atoms with van der Waals surface area (Å²) in [5.41, 5.74) is 1.26. The van der Waals surface area contributed by atoms with Gasteiger partial charge in [0.05, 0.1) is 4.47 Å². The third-order valence-corrected chi connectivity index (χ3v) is 4.54. The van der Waals surface area contributed by atoms with E-state index in [4.69, 9.17) is 9.57 Å². The monoisotopic (exact) mass is 472 g/mol. The fraction of sp³-hybridized carbons (Fsp3) is 0.217. The third kappa shape index (κ3) is 5.57. The topological polar surface area (TPSA) is 63.9 Å². The van der Waals surface area contributed by atoms with E-state index >= 15 is 0 Å². The lowest BCUT2D eigenvalue weighted by atomic mass is 10.0. The van der Waals surface area contributed by atoms with Crippen LogP contribution in [0.25, 0.3) is 0 Å². The number of ether oxygens (including phenoxy) is 1. The summed E-state index contributed by atoms with van der Waals surface area (Å²) in [6.07, 6.45) is 1.59. The number of hydrogen-bond acceptors (Lipinski definition) is 5. The minimum absolute atomic E-state index is 0.182. The normalized spacial score (nSPS) is 12.0. The van der Waals surface area contributed by atoms with E-state index in [2.05, 4.69) is 26.1 Å². The maximum absolute atomic E-state index is 13.9. The maximum Gasteiger partial charge on any atom is 0.147 e. The molecule has 0 atom stereocenters. The Morgan fingerprint density at radius 2 is 1.87 bits per heavy atom. The van der Waals surface area contributed by atoms with Crippen LogP contribution in [0.1, 0.15) is 37.6 Å². The Balaban J connectivity index is 2.05. The number of aromatic nitrogens is 1. The van der Waals surface area contributed by atoms with E-state index in [0.717, 1.165) is 11.6 Å². The van der Waals surface area contributed by atoms with Crippen molar-refractivity contribution in [3.8, 4) is 11.5 Å². The second-order valence-corrected chi connectivity index (χ2v) is 8.41. The van der Waals surface area contributed by atoms with Gasteiger partial charge in [-0.15, -0.1) is 0 Å². The molecule has 0 aliphatic heterocycles. The van der Waals surface area contributed by atoms with Gasteiger partial charge < -0.3 is 14.7 Å². The average Bonchev–Trinajstić information content (AvgIpc) is 2.71. The van der Waals surface area contributed by atoms with Crippen LogP contribution in [-0.4, -0.2) is 21.4 Å². The maximum atomic E-state index is 13.9. The summed E-state index contributed by atoms with van der Waals surface area (Å²) in [4.78, 5) is 10.0. The molecule has 0 radical (unpaired) electrons. The Morgan fingerprint density at radius 3 is 2.57 bits per heavy atom. The fourth-order valence-corrected chi connectivity index (χ4v) is 2.89. The first-order chi connectivity index (χ1) is 14.2. The molecule has 5 nitrogen and oxygen atoms in total. The summed E-state index contributed by atoms with van der Waals surface area (Å²) in [6, 6.07) is 15.7. The minimum Gasteiger partial charge on any atom is -0.507 e. The lowest BCUT2D eigenvalue weighted by Gasteiger charge is -2.18. The summed E-state index contributed by atoms with van der Waals surface area (Å²) in [5.74, 6) is -0.419. The molecule has 0 bridgehead atoms. The molecule has 1 heterocycles. The molecular formula is C23H22BrFN2O3. The van der Waals surface area contributed by atoms with Gasteiger partial charge in [-0.25, -0.2) is 4.39 Å². The van der Waals surface area contributed by atoms with E-state index in [0.29, 0.717) is 18.1 Å². The van der Waals surface area contributed by atoms with Crippen LogP contribution >= 0.6 is 15.9 Å². The minimum atomic E-state index is -0.589. The SMILES string of the molecule is CC(C)(C)ON=C(c1cc(Br)c(F)cc1O)c1ncccc1OCc1ccccc1. The number of phenols is 1. The molecule has 0 aliphatic carbocycles. The number of phenolic OH excluding ortho intramolecular Hbond substituents is 1. The summed E-state index contributed by atoms with van der Waals surface area (Å²) in [6.45, 7) is 5.87. The first kappa shape index (κ1) is 21.8. The summed E-state index contributed by atoms with van der Waals surface area (Å²) < 4.78 is 20.0. The van der Waals surface area contributed by atoms with Gasteiger partial charge in [-0.3, -0.25) is 4.98 Å². The highest BCUT2D eigenvalue weighted by Crippen LogP contribution is 2.30. The molecule has 0 amide bonds. The lowest BCUT2D eigenvalue weighted by Crippen LogP contribution is -2.18. The number of halogens is 2. The van der Waals surface area contributed by atoms with Gasteiger partial charge in [0, 0.05) is 17.8 Å². The molecule has 156 valence electrons. The quantitative estimate of drug-likeness (QED) is 0.361. The molecule has 0 spiro atoms. The predicted octanol–water partition coefficient (Wildman–Crippen LogP) is 5.84. The van der Waals surface area contributed by atoms with Gasteiger partial charge in [0.1, 0.15) is 40.9 Å². The molecule has 1 aromatic heterocycles. The van der Waals surface area contributed by atoms with E-state index in [1.807, 2.05) is 51.1 Å². The van der Waals surface area contributed by atoms with E-state index in [-0.39, 0.29) is 21.5 Å². The third-order valence-electron chi connectivity index (χ3n) is 3.94. The molecular weight excluding hydrogens is 451 g/mol. The average molecular weight is 473 g/mol. The summed E-state index contributed by atoms with van der Waals surface area (Å²) in [5, 5.41) is 14.7. The van der Waals surface area contributed by atoms with Gasteiger partial charge in [0.2, 0.25) is 0 Å². The Kier molecular flexibility index (Phi) is 6.72. The van der Waals surface area contributed by atoms with Gasteiger partial charge in [0.25, 0.3) is 0 Å². The summed E-state index contributed by atoms with van der Waals surface area (Å²) >= 11 is 3.16. The van der Waals surface area contributed by atoms with Gasteiger partial charge >= 0.3 is 0 Å². The van der Waals surface area contributed by atoms with Crippen molar-refractivity contribution in [2.75, 3.05) is 0 Å². The number of aromatic hydroxyl groups is 1. The predicted molar refractivity (Wildman–Crippen MR) is 117 cm³/mol. The van der Waals surface area contributed by atoms with E-state index in [9.17, 15) is 9.50 Å². The van der Waals surface area contributed by atoms with Gasteiger partial charge in [-0.05, 0) is 60.5 Å². The van der Waals surface area contributed by atoms with Crippen molar-refractivity contribution in [3.63, 3.8) is 0 Å². The van der Waals surface area contributed by atoms with Crippen LogP contribution in [0.5, 0.6) is 11.5 Å². The van der Waals surface area contributed by atoms with Gasteiger partial charge in [-0.2, -0.15) is 0 Å². The van der Waals surface area contributed by atoms with Crippen molar-refractivity contribution < 1.29 is 19.1 Å². The van der Waals surface area contributed by atoms with Crippen molar-refractivity contribution in [1.29, 1.82) is 0 Å². The highest BCUT2D eigenvalue weighted by Gasteiger charge is 2.22. The molecule has 3 rings (SSSR count). The van der Waals surface area contributed by atoms with Crippen molar-refractivity contribution in [2.45, 2.75) is 33.0 Å². The molecule has 7 heteroatoms. The molecule has 0 saturated carbocycles. The number of benzene rings is 2. The highest BCUT2D eigenvalue weighted by molar-refractivity contribution is 9.10. The zero-order chi connectivity index (χ0) is 21.7. The molecule has 0 fully saturated rings. The largest absolute Gasteiger partial charge is 0.507 e. The Labute approximate surface area is 183 Å². The van der Waals surface area contributed by atoms with Crippen molar-refractivity contribution in [2.24, 2.45) is 5.16 Å². The van der Waals surface area contributed by atoms with Crippen molar-refractivity contribution >= 4 is 21.6 Å². The first-order valence-corrected chi connectivity index (χ1v) is 10.1. The first-order valence-electron chi connectivity index (χ1n) is 9.31. The second kappa shape index (κ2) is 9.26. The number of oxime groups is 1. The van der Waals surface area contributed by atoms with Crippen molar-refractivity contribution in [1.82, 2.24) is 4.98 Å². The smallest absolute Gasteiger partial charge is 0.147 e. The zero-order valence-corrected chi connectivity index (χ0v) is 18.5. The Morgan fingerprint density at radius 1 is 1.13 bits per heavy atom. The molecule has 3 aromatic rings. The van der Waals surface area contributed by atoms with Crippen LogP contribution in [-0.2, 0) is 11.4 Å². The van der Waals surface area contributed by atoms with Crippen LogP contribution < -0.4 is 4.74 Å². The Bertz CT molecular complexity index is 1050. The van der Waals surface area contributed by atoms with Crippen LogP contribution in [0.2, 0.25) is 0 Å². The van der Waals surface area contributed by atoms with Crippen LogP contribution in [0.3, 0.4) is 0 Å². The van der Waals surface area contributed by atoms with E-state index in [1.165, 1.54) is 6.07 Å². The fourth-order valence-electron chi connectivity index (χ4n) is 2.55. The molecule has 2 aromatic carbocycles. The van der Waals surface area contributed by atoms with Gasteiger partial charge in [0.15, 0.2) is 0 Å². The van der Waals surface area contributed by atoms with E-state index in [1.54, 1.807) is 18.3 Å². The van der Waals surface area contributed by atoms with E-state index < -0.39 is 11.4 Å². The van der Waals surface area contributed by atoms with Crippen LogP contribution in [0, 0.1) is 5.82 Å². The molecule has 1 N–H and O–H groups in total. The lowest BCUT2D eigenvalue weighted by molar-refractivity contribution is 0.00108.